The second kappa shape index (κ2) is 8.91. The summed E-state index contributed by atoms with van der Waals surface area (Å²) in [5.41, 5.74) is 6.82. The molecule has 0 unspecified atom stereocenters. The molecule has 1 fully saturated rings. The van der Waals surface area contributed by atoms with Crippen LogP contribution in [0.1, 0.15) is 26.7 Å². The van der Waals surface area contributed by atoms with E-state index in [1.165, 1.54) is 4.90 Å². The van der Waals surface area contributed by atoms with Crippen LogP contribution in [0.25, 0.3) is 22.6 Å². The molecule has 3 N–H and O–H groups in total. The van der Waals surface area contributed by atoms with Crippen molar-refractivity contribution in [1.82, 2.24) is 34.3 Å². The maximum Gasteiger partial charge on any atom is 0.321 e. The van der Waals surface area contributed by atoms with Crippen LogP contribution >= 0.6 is 0 Å². The van der Waals surface area contributed by atoms with Gasteiger partial charge >= 0.3 is 12.0 Å². The van der Waals surface area contributed by atoms with Gasteiger partial charge in [0.1, 0.15) is 0 Å². The normalized spacial score (nSPS) is 15.2. The van der Waals surface area contributed by atoms with E-state index in [0.29, 0.717) is 49.9 Å². The second-order valence-electron chi connectivity index (χ2n) is 8.94. The minimum absolute atomic E-state index is 0.195. The van der Waals surface area contributed by atoms with Crippen molar-refractivity contribution in [2.75, 3.05) is 29.4 Å². The number of rotatable bonds is 6. The highest BCUT2D eigenvalue weighted by molar-refractivity contribution is 5.89. The molecule has 0 aromatic carbocycles. The van der Waals surface area contributed by atoms with E-state index < -0.39 is 17.4 Å². The van der Waals surface area contributed by atoms with Crippen molar-refractivity contribution in [3.8, 4) is 16.9 Å². The minimum Gasteiger partial charge on any atom is -0.481 e. The summed E-state index contributed by atoms with van der Waals surface area (Å²) >= 11 is 0. The van der Waals surface area contributed by atoms with Crippen LogP contribution in [-0.4, -0.2) is 71.1 Å². The van der Waals surface area contributed by atoms with Gasteiger partial charge in [-0.05, 0) is 50.5 Å². The molecule has 1 aliphatic rings. The number of piperidine rings is 1. The molecule has 36 heavy (non-hydrogen) atoms. The van der Waals surface area contributed by atoms with Crippen LogP contribution in [0.15, 0.2) is 43.0 Å². The Labute approximate surface area is 206 Å². The van der Waals surface area contributed by atoms with Gasteiger partial charge in [0.15, 0.2) is 11.5 Å². The van der Waals surface area contributed by atoms with E-state index in [2.05, 4.69) is 25.1 Å². The van der Waals surface area contributed by atoms with Crippen LogP contribution in [0.5, 0.6) is 0 Å². The molecular weight excluding hydrogens is 464 g/mol. The molecule has 1 saturated heterocycles. The maximum absolute atomic E-state index is 11.8. The van der Waals surface area contributed by atoms with Crippen LogP contribution in [0.4, 0.5) is 16.7 Å². The van der Waals surface area contributed by atoms with Crippen molar-refractivity contribution in [3.63, 3.8) is 0 Å². The summed E-state index contributed by atoms with van der Waals surface area (Å²) in [6, 6.07) is 4.87. The minimum atomic E-state index is -0.767. The van der Waals surface area contributed by atoms with E-state index in [4.69, 9.17) is 5.73 Å². The molecule has 2 amide bonds. The Morgan fingerprint density at radius 2 is 1.89 bits per heavy atom. The number of aliphatic carboxylic acids is 1. The number of carbonyl (C=O) groups excluding carboxylic acids is 1. The molecule has 0 bridgehead atoms. The number of nitrogens with zero attached hydrogens (tertiary/aromatic N) is 9. The Bertz CT molecular complexity index is 1410. The highest BCUT2D eigenvalue weighted by Gasteiger charge is 2.37. The van der Waals surface area contributed by atoms with Gasteiger partial charge in [-0.25, -0.2) is 19.4 Å². The van der Waals surface area contributed by atoms with E-state index >= 15 is 0 Å². The number of hydrogen-bond acceptors (Lipinski definition) is 8. The molecule has 4 aromatic heterocycles. The van der Waals surface area contributed by atoms with Gasteiger partial charge in [-0.3, -0.25) is 9.69 Å². The number of primary amides is 1. The first-order chi connectivity index (χ1) is 17.3. The number of nitrogens with two attached hydrogens (primary N) is 1. The van der Waals surface area contributed by atoms with E-state index in [1.807, 2.05) is 17.0 Å². The number of carboxylic acids is 1. The molecule has 0 spiro atoms. The molecule has 5 rings (SSSR count). The Kier molecular flexibility index (Phi) is 5.74. The van der Waals surface area contributed by atoms with Gasteiger partial charge in [-0.1, -0.05) is 0 Å². The lowest BCUT2D eigenvalue weighted by Crippen LogP contribution is -2.43. The number of amides is 2. The van der Waals surface area contributed by atoms with Gasteiger partial charge in [0, 0.05) is 50.0 Å². The first-order valence-corrected chi connectivity index (χ1v) is 11.6. The quantitative estimate of drug-likeness (QED) is 0.412. The molecule has 0 saturated carbocycles. The summed E-state index contributed by atoms with van der Waals surface area (Å²) < 4.78 is 3.25. The third kappa shape index (κ3) is 4.08. The highest BCUT2D eigenvalue weighted by atomic mass is 16.4. The molecular formula is C23H26N10O3. The Morgan fingerprint density at radius 1 is 1.17 bits per heavy atom. The zero-order valence-corrected chi connectivity index (χ0v) is 19.9. The number of urea groups is 1. The van der Waals surface area contributed by atoms with Gasteiger partial charge < -0.3 is 15.7 Å². The average molecular weight is 491 g/mol. The molecule has 13 nitrogen and oxygen atoms in total. The topological polar surface area (TPSA) is 161 Å². The number of aromatic nitrogens is 7. The van der Waals surface area contributed by atoms with Gasteiger partial charge in [0.2, 0.25) is 5.95 Å². The van der Waals surface area contributed by atoms with Crippen molar-refractivity contribution in [2.45, 2.75) is 26.7 Å². The van der Waals surface area contributed by atoms with E-state index in [9.17, 15) is 14.7 Å². The van der Waals surface area contributed by atoms with Crippen LogP contribution in [0.3, 0.4) is 0 Å². The predicted molar refractivity (Wildman–Crippen MR) is 131 cm³/mol. The van der Waals surface area contributed by atoms with Crippen molar-refractivity contribution in [1.29, 1.82) is 0 Å². The fourth-order valence-electron chi connectivity index (χ4n) is 4.25. The Balaban J connectivity index is 1.48. The fraction of sp³-hybridized carbons (Fsp3) is 0.348. The lowest BCUT2D eigenvalue weighted by Gasteiger charge is -2.36. The van der Waals surface area contributed by atoms with Crippen molar-refractivity contribution in [3.05, 3.63) is 43.0 Å². The first kappa shape index (κ1) is 23.2. The van der Waals surface area contributed by atoms with E-state index in [0.717, 1.165) is 11.1 Å². The zero-order valence-electron chi connectivity index (χ0n) is 19.9. The molecule has 1 aliphatic heterocycles. The van der Waals surface area contributed by atoms with Crippen molar-refractivity contribution >= 4 is 29.5 Å². The number of carbonyl (C=O) groups is 2. The number of hydrogen-bond donors (Lipinski definition) is 2. The molecule has 4 aromatic rings. The van der Waals surface area contributed by atoms with Crippen LogP contribution in [0.2, 0.25) is 0 Å². The van der Waals surface area contributed by atoms with Crippen molar-refractivity contribution in [2.24, 2.45) is 11.1 Å². The number of fused-ring (bicyclic) bond motifs is 1. The van der Waals surface area contributed by atoms with Gasteiger partial charge in [0.25, 0.3) is 5.95 Å². The molecule has 0 radical (unpaired) electrons. The molecule has 0 aliphatic carbocycles. The van der Waals surface area contributed by atoms with Gasteiger partial charge in [-0.15, -0.1) is 5.10 Å². The molecule has 186 valence electrons. The van der Waals surface area contributed by atoms with Crippen LogP contribution in [0, 0.1) is 5.41 Å². The highest BCUT2D eigenvalue weighted by Crippen LogP contribution is 2.32. The lowest BCUT2D eigenvalue weighted by molar-refractivity contribution is -0.149. The third-order valence-electron chi connectivity index (χ3n) is 6.61. The predicted octanol–water partition coefficient (Wildman–Crippen LogP) is 1.97. The number of anilines is 2. The lowest BCUT2D eigenvalue weighted by atomic mass is 9.80. The second-order valence-corrected chi connectivity index (χ2v) is 8.94. The monoisotopic (exact) mass is 490 g/mol. The van der Waals surface area contributed by atoms with E-state index in [1.54, 1.807) is 53.9 Å². The fourth-order valence-corrected chi connectivity index (χ4v) is 4.25. The summed E-state index contributed by atoms with van der Waals surface area (Å²) in [6.45, 7) is 5.05. The molecule has 5 heterocycles. The Hall–Kier alpha value is -4.55. The summed E-state index contributed by atoms with van der Waals surface area (Å²) in [5, 5.41) is 18.3. The SMILES string of the molecule is CCN(C(N)=O)c1nc2cc(-c3cnc(N4CCC(C)(C(=O)O)CC4)nc3)cc(-n3cccn3)n2n1. The third-order valence-corrected chi connectivity index (χ3v) is 6.61. The Morgan fingerprint density at radius 3 is 2.47 bits per heavy atom. The summed E-state index contributed by atoms with van der Waals surface area (Å²) in [6.07, 6.45) is 7.96. The standard InChI is InChI=1S/C23H26N10O3/c1-3-31(20(24)36)22-28-17-11-15(12-18(33(17)29-22)32-8-4-7-27-32)16-13-25-21(26-14-16)30-9-5-23(2,6-10-30)19(34)35/h4,7-8,11-14H,3,5-6,9-10H2,1-2H3,(H2,24,36)(H,34,35). The zero-order chi connectivity index (χ0) is 25.4. The largest absolute Gasteiger partial charge is 0.481 e. The van der Waals surface area contributed by atoms with Crippen LogP contribution < -0.4 is 15.5 Å². The number of pyridine rings is 1. The summed E-state index contributed by atoms with van der Waals surface area (Å²) in [4.78, 5) is 40.3. The van der Waals surface area contributed by atoms with E-state index in [-0.39, 0.29) is 5.95 Å². The number of carboxylic acid groups (broad SMARTS) is 1. The first-order valence-electron chi connectivity index (χ1n) is 11.6. The van der Waals surface area contributed by atoms with Crippen LogP contribution in [-0.2, 0) is 4.79 Å². The van der Waals surface area contributed by atoms with Gasteiger partial charge in [0.05, 0.1) is 5.41 Å². The smallest absolute Gasteiger partial charge is 0.321 e. The molecule has 0 atom stereocenters. The van der Waals surface area contributed by atoms with Gasteiger partial charge in [-0.2, -0.15) is 14.6 Å². The summed E-state index contributed by atoms with van der Waals surface area (Å²) in [7, 11) is 0. The van der Waals surface area contributed by atoms with Crippen molar-refractivity contribution < 1.29 is 14.7 Å². The maximum atomic E-state index is 11.8. The average Bonchev–Trinajstić information content (AvgIpc) is 3.54. The summed E-state index contributed by atoms with van der Waals surface area (Å²) in [5.74, 6) is 0.598. The molecule has 13 heteroatoms.